The highest BCUT2D eigenvalue weighted by Gasteiger charge is 2.25. The number of nitrogens with zero attached hydrogens (tertiary/aromatic N) is 2. The summed E-state index contributed by atoms with van der Waals surface area (Å²) in [4.78, 5) is 7.81. The molecule has 2 heterocycles. The lowest BCUT2D eigenvalue weighted by Crippen LogP contribution is -2.27. The second-order valence-electron chi connectivity index (χ2n) is 3.45. The van der Waals surface area contributed by atoms with Gasteiger partial charge in [0.25, 0.3) is 0 Å². The molecule has 0 saturated carbocycles. The first kappa shape index (κ1) is 10.9. The number of ether oxygens (including phenoxy) is 1. The molecule has 82 valence electrons. The van der Waals surface area contributed by atoms with Gasteiger partial charge in [-0.15, -0.1) is 0 Å². The van der Waals surface area contributed by atoms with E-state index in [0.717, 1.165) is 13.0 Å². The first-order valence-corrected chi connectivity index (χ1v) is 5.48. The molecule has 2 unspecified atom stereocenters. The van der Waals surface area contributed by atoms with Crippen molar-refractivity contribution in [1.82, 2.24) is 9.97 Å². The van der Waals surface area contributed by atoms with Gasteiger partial charge in [0, 0.05) is 6.61 Å². The molecule has 1 saturated heterocycles. The van der Waals surface area contributed by atoms with Gasteiger partial charge in [0.15, 0.2) is 0 Å². The topological polar surface area (TPSA) is 47.0 Å². The van der Waals surface area contributed by atoms with Gasteiger partial charge in [0.1, 0.15) is 10.8 Å². The molecule has 1 N–H and O–H groups in total. The Hall–Kier alpha value is -0.580. The van der Waals surface area contributed by atoms with Crippen LogP contribution in [0.5, 0.6) is 0 Å². The maximum atomic E-state index is 5.94. The molecular weight excluding hydrogens is 237 g/mol. The molecule has 6 heteroatoms. The van der Waals surface area contributed by atoms with Crippen LogP contribution >= 0.6 is 23.2 Å². The molecule has 0 amide bonds. The molecule has 0 radical (unpaired) electrons. The average Bonchev–Trinajstić information content (AvgIpc) is 2.58. The van der Waals surface area contributed by atoms with Crippen LogP contribution in [-0.2, 0) is 4.74 Å². The van der Waals surface area contributed by atoms with E-state index in [1.54, 1.807) is 0 Å². The van der Waals surface area contributed by atoms with E-state index in [4.69, 9.17) is 27.9 Å². The third kappa shape index (κ3) is 2.51. The summed E-state index contributed by atoms with van der Waals surface area (Å²) < 4.78 is 5.43. The first-order valence-electron chi connectivity index (χ1n) is 4.73. The highest BCUT2D eigenvalue weighted by molar-refractivity contribution is 6.33. The summed E-state index contributed by atoms with van der Waals surface area (Å²) in [5.41, 5.74) is 0. The van der Waals surface area contributed by atoms with Gasteiger partial charge >= 0.3 is 0 Å². The number of hydrogen-bond acceptors (Lipinski definition) is 4. The van der Waals surface area contributed by atoms with Crippen LogP contribution in [0.25, 0.3) is 0 Å². The van der Waals surface area contributed by atoms with Crippen molar-refractivity contribution >= 4 is 29.0 Å². The Kier molecular flexibility index (Phi) is 3.29. The molecule has 1 aliphatic heterocycles. The van der Waals surface area contributed by atoms with E-state index in [9.17, 15) is 0 Å². The summed E-state index contributed by atoms with van der Waals surface area (Å²) in [6, 6.07) is 0.230. The van der Waals surface area contributed by atoms with E-state index in [1.807, 2.05) is 6.92 Å². The Bertz CT molecular complexity index is 361. The predicted molar refractivity (Wildman–Crippen MR) is 59.5 cm³/mol. The van der Waals surface area contributed by atoms with Crippen molar-refractivity contribution < 1.29 is 4.74 Å². The normalized spacial score (nSPS) is 25.5. The van der Waals surface area contributed by atoms with Gasteiger partial charge in [-0.1, -0.05) is 11.6 Å². The molecule has 0 aliphatic carbocycles. The summed E-state index contributed by atoms with van der Waals surface area (Å²) in [6.45, 7) is 2.77. The van der Waals surface area contributed by atoms with E-state index in [-0.39, 0.29) is 17.4 Å². The largest absolute Gasteiger partial charge is 0.376 e. The minimum atomic E-state index is 0.162. The predicted octanol–water partition coefficient (Wildman–Crippen LogP) is 2.37. The molecule has 4 nitrogen and oxygen atoms in total. The standard InChI is InChI=1S/C9H11Cl2N3O/c1-5-7(2-3-15-5)13-8-6(10)4-12-9(11)14-8/h4-5,7H,2-3H2,1H3,(H,12,13,14). The van der Waals surface area contributed by atoms with Crippen molar-refractivity contribution in [3.05, 3.63) is 16.5 Å². The fourth-order valence-electron chi connectivity index (χ4n) is 1.54. The third-order valence-corrected chi connectivity index (χ3v) is 2.87. The Balaban J connectivity index is 2.12. The van der Waals surface area contributed by atoms with Gasteiger partial charge in [-0.05, 0) is 24.9 Å². The minimum Gasteiger partial charge on any atom is -0.376 e. The van der Waals surface area contributed by atoms with Gasteiger partial charge in [-0.25, -0.2) is 4.98 Å². The number of rotatable bonds is 2. The molecule has 0 spiro atoms. The number of hydrogen-bond donors (Lipinski definition) is 1. The van der Waals surface area contributed by atoms with Crippen LogP contribution in [0.1, 0.15) is 13.3 Å². The highest BCUT2D eigenvalue weighted by Crippen LogP contribution is 2.23. The monoisotopic (exact) mass is 247 g/mol. The first-order chi connectivity index (χ1) is 7.16. The van der Waals surface area contributed by atoms with Crippen LogP contribution in [0.15, 0.2) is 6.20 Å². The quantitative estimate of drug-likeness (QED) is 0.816. The van der Waals surface area contributed by atoms with E-state index < -0.39 is 0 Å². The van der Waals surface area contributed by atoms with Crippen LogP contribution in [0, 0.1) is 0 Å². The van der Waals surface area contributed by atoms with Crippen molar-refractivity contribution in [2.75, 3.05) is 11.9 Å². The lowest BCUT2D eigenvalue weighted by molar-refractivity contribution is 0.121. The Morgan fingerprint density at radius 1 is 1.53 bits per heavy atom. The van der Waals surface area contributed by atoms with Gasteiger partial charge in [0.05, 0.1) is 18.3 Å². The number of anilines is 1. The number of halogens is 2. The second kappa shape index (κ2) is 4.51. The second-order valence-corrected chi connectivity index (χ2v) is 4.20. The molecule has 0 aromatic carbocycles. The number of nitrogens with one attached hydrogen (secondary N) is 1. The van der Waals surface area contributed by atoms with Crippen LogP contribution in [0.3, 0.4) is 0 Å². The van der Waals surface area contributed by atoms with Crippen molar-refractivity contribution in [3.8, 4) is 0 Å². The molecule has 2 atom stereocenters. The highest BCUT2D eigenvalue weighted by atomic mass is 35.5. The van der Waals surface area contributed by atoms with Crippen LogP contribution in [0.2, 0.25) is 10.3 Å². The van der Waals surface area contributed by atoms with E-state index in [0.29, 0.717) is 10.8 Å². The van der Waals surface area contributed by atoms with Crippen molar-refractivity contribution in [1.29, 1.82) is 0 Å². The molecule has 1 aromatic heterocycles. The van der Waals surface area contributed by atoms with Crippen LogP contribution in [0.4, 0.5) is 5.82 Å². The number of aromatic nitrogens is 2. The molecule has 2 rings (SSSR count). The molecular formula is C9H11Cl2N3O. The van der Waals surface area contributed by atoms with Crippen molar-refractivity contribution in [2.24, 2.45) is 0 Å². The smallest absolute Gasteiger partial charge is 0.224 e. The summed E-state index contributed by atoms with van der Waals surface area (Å²) >= 11 is 11.6. The summed E-state index contributed by atoms with van der Waals surface area (Å²) in [6.07, 6.45) is 2.59. The molecule has 1 aliphatic rings. The molecule has 15 heavy (non-hydrogen) atoms. The van der Waals surface area contributed by atoms with Crippen LogP contribution in [-0.4, -0.2) is 28.7 Å². The van der Waals surface area contributed by atoms with Gasteiger partial charge in [0.2, 0.25) is 5.28 Å². The Morgan fingerprint density at radius 2 is 2.33 bits per heavy atom. The fraction of sp³-hybridized carbons (Fsp3) is 0.556. The zero-order valence-corrected chi connectivity index (χ0v) is 9.72. The van der Waals surface area contributed by atoms with Gasteiger partial charge in [-0.3, -0.25) is 0 Å². The third-order valence-electron chi connectivity index (χ3n) is 2.41. The fourth-order valence-corrected chi connectivity index (χ4v) is 1.82. The zero-order chi connectivity index (χ0) is 10.8. The maximum Gasteiger partial charge on any atom is 0.224 e. The van der Waals surface area contributed by atoms with Gasteiger partial charge in [-0.2, -0.15) is 4.98 Å². The minimum absolute atomic E-state index is 0.162. The van der Waals surface area contributed by atoms with E-state index >= 15 is 0 Å². The summed E-state index contributed by atoms with van der Waals surface area (Å²) in [5, 5.41) is 3.87. The average molecular weight is 248 g/mol. The lowest BCUT2D eigenvalue weighted by atomic mass is 10.1. The molecule has 1 aromatic rings. The summed E-state index contributed by atoms with van der Waals surface area (Å²) in [7, 11) is 0. The maximum absolute atomic E-state index is 5.94. The zero-order valence-electron chi connectivity index (χ0n) is 8.20. The molecule has 0 bridgehead atoms. The van der Waals surface area contributed by atoms with Crippen molar-refractivity contribution in [2.45, 2.75) is 25.5 Å². The SMILES string of the molecule is CC1OCCC1Nc1nc(Cl)ncc1Cl. The molecule has 1 fully saturated rings. The Labute approximate surface area is 98.0 Å². The van der Waals surface area contributed by atoms with E-state index in [2.05, 4.69) is 15.3 Å². The van der Waals surface area contributed by atoms with Gasteiger partial charge < -0.3 is 10.1 Å². The van der Waals surface area contributed by atoms with Crippen molar-refractivity contribution in [3.63, 3.8) is 0 Å². The summed E-state index contributed by atoms with van der Waals surface area (Å²) in [5.74, 6) is 0.569. The lowest BCUT2D eigenvalue weighted by Gasteiger charge is -2.17. The Morgan fingerprint density at radius 3 is 3.00 bits per heavy atom. The van der Waals surface area contributed by atoms with E-state index in [1.165, 1.54) is 6.20 Å². The van der Waals surface area contributed by atoms with Crippen LogP contribution < -0.4 is 5.32 Å².